The highest BCUT2D eigenvalue weighted by molar-refractivity contribution is 8.26. The van der Waals surface area contributed by atoms with Gasteiger partial charge in [0.1, 0.15) is 17.7 Å². The Bertz CT molecular complexity index is 2540. The second kappa shape index (κ2) is 22.8. The van der Waals surface area contributed by atoms with Crippen LogP contribution in [0.3, 0.4) is 0 Å². The number of carbonyl (C=O) groups excluding carboxylic acids is 6. The molecule has 3 aliphatic heterocycles. The normalized spacial score (nSPS) is 15.8. The highest BCUT2D eigenvalue weighted by atomic mass is 32.2. The number of carbonyl (C=O) groups is 6. The maximum Gasteiger partial charge on any atom is 0.350 e. The van der Waals surface area contributed by atoms with Crippen LogP contribution in [0, 0.1) is 34.0 Å². The molecular formula is C53H60N4O9S4. The summed E-state index contributed by atoms with van der Waals surface area (Å²) >= 11 is 4.12. The quantitative estimate of drug-likeness (QED) is 0.0445. The fourth-order valence-corrected chi connectivity index (χ4v) is 13.7. The lowest BCUT2D eigenvalue weighted by Crippen LogP contribution is -2.39. The van der Waals surface area contributed by atoms with Crippen LogP contribution < -0.4 is 14.8 Å². The topological polar surface area (TPSA) is 172 Å². The van der Waals surface area contributed by atoms with Crippen molar-refractivity contribution in [2.45, 2.75) is 134 Å². The molecule has 70 heavy (non-hydrogen) atoms. The maximum absolute atomic E-state index is 14.7. The van der Waals surface area contributed by atoms with E-state index in [-0.39, 0.29) is 87.6 Å². The molecule has 17 heteroatoms. The Labute approximate surface area is 427 Å². The molecule has 3 atom stereocenters. The number of hydrogen-bond acceptors (Lipinski definition) is 14. The van der Waals surface area contributed by atoms with Gasteiger partial charge in [-0.3, -0.25) is 24.0 Å². The van der Waals surface area contributed by atoms with Gasteiger partial charge in [0.15, 0.2) is 17.1 Å². The first-order chi connectivity index (χ1) is 32.9. The number of hydrazine groups is 1. The van der Waals surface area contributed by atoms with Gasteiger partial charge in [0, 0.05) is 18.4 Å². The standard InChI is InChI=1S/C53H60N4O9S4/c1-30(2)46(60)55-27-33(5)64-49(63)36(26-54)50-67-42-40(65-37(58)22-31(3)24-52(6,7)8)44-45(41(43(42)68-50)66-38(59)23-32(4)25-53(9,10)11)70-51(69-44)39-47(61)56(28-34-18-14-12-15-19-34)57(48(39)62)29-35-20-16-13-17-21-35/h12-21,31-33H,1,22-25,27-29H2,2-11H3,(H,55,60). The van der Waals surface area contributed by atoms with Gasteiger partial charge in [-0.15, -0.1) is 0 Å². The first-order valence-electron chi connectivity index (χ1n) is 23.0. The fourth-order valence-electron chi connectivity index (χ4n) is 8.32. The third-order valence-corrected chi connectivity index (χ3v) is 16.1. The predicted molar refractivity (Wildman–Crippen MR) is 274 cm³/mol. The Morgan fingerprint density at radius 1 is 0.700 bits per heavy atom. The summed E-state index contributed by atoms with van der Waals surface area (Å²) in [6, 6.07) is 20.7. The third kappa shape index (κ3) is 13.7. The molecule has 3 heterocycles. The Kier molecular flexibility index (Phi) is 17.5. The maximum atomic E-state index is 14.7. The highest BCUT2D eigenvalue weighted by Crippen LogP contribution is 2.69. The second-order valence-corrected chi connectivity index (χ2v) is 24.9. The van der Waals surface area contributed by atoms with Crippen LogP contribution in [0.1, 0.15) is 106 Å². The molecule has 0 spiro atoms. The molecule has 0 bridgehead atoms. The number of nitrogens with one attached hydrogen (secondary N) is 1. The Hall–Kier alpha value is -5.41. The number of ether oxygens (including phenoxy) is 3. The summed E-state index contributed by atoms with van der Waals surface area (Å²) in [4.78, 5) is 84.8. The number of fused-ring (bicyclic) bond motifs is 2. The van der Waals surface area contributed by atoms with Crippen molar-refractivity contribution >= 4 is 82.7 Å². The average Bonchev–Trinajstić information content (AvgIpc) is 3.95. The molecule has 0 saturated carbocycles. The fraction of sp³-hybridized carbons (Fsp3) is 0.415. The largest absolute Gasteiger partial charge is 0.457 e. The molecule has 3 aromatic rings. The van der Waals surface area contributed by atoms with Crippen LogP contribution in [-0.4, -0.2) is 58.3 Å². The summed E-state index contributed by atoms with van der Waals surface area (Å²) in [5, 5.41) is 16.0. The number of hydrogen-bond donors (Lipinski definition) is 1. The zero-order valence-corrected chi connectivity index (χ0v) is 44.6. The van der Waals surface area contributed by atoms with Crippen molar-refractivity contribution in [3.63, 3.8) is 0 Å². The third-order valence-electron chi connectivity index (χ3n) is 10.9. The van der Waals surface area contributed by atoms with E-state index in [0.717, 1.165) is 71.0 Å². The first-order valence-corrected chi connectivity index (χ1v) is 26.3. The van der Waals surface area contributed by atoms with E-state index in [0.29, 0.717) is 23.8 Å². The van der Waals surface area contributed by atoms with Gasteiger partial charge >= 0.3 is 17.9 Å². The summed E-state index contributed by atoms with van der Waals surface area (Å²) in [7, 11) is 0. The number of thioether (sulfide) groups is 4. The zero-order chi connectivity index (χ0) is 51.2. The smallest absolute Gasteiger partial charge is 0.350 e. The number of esters is 3. The molecule has 0 aliphatic carbocycles. The molecule has 3 unspecified atom stereocenters. The first kappa shape index (κ1) is 53.9. The summed E-state index contributed by atoms with van der Waals surface area (Å²) in [5.74, 6) is -3.46. The van der Waals surface area contributed by atoms with Gasteiger partial charge in [-0.2, -0.15) is 5.26 Å². The summed E-state index contributed by atoms with van der Waals surface area (Å²) in [6.07, 6.45) is 0.750. The molecular weight excluding hydrogens is 965 g/mol. The minimum atomic E-state index is -0.951. The Morgan fingerprint density at radius 3 is 1.50 bits per heavy atom. The lowest BCUT2D eigenvalue weighted by atomic mass is 9.84. The van der Waals surface area contributed by atoms with Gasteiger partial charge in [0.2, 0.25) is 5.91 Å². The van der Waals surface area contributed by atoms with Crippen molar-refractivity contribution in [2.24, 2.45) is 22.7 Å². The van der Waals surface area contributed by atoms with Gasteiger partial charge in [-0.1, -0.05) is 170 Å². The van der Waals surface area contributed by atoms with Gasteiger partial charge in [0.25, 0.3) is 11.8 Å². The van der Waals surface area contributed by atoms with Crippen LogP contribution in [-0.2, 0) is 46.6 Å². The van der Waals surface area contributed by atoms with E-state index in [1.807, 2.05) is 80.6 Å². The van der Waals surface area contributed by atoms with E-state index in [9.17, 15) is 34.0 Å². The zero-order valence-electron chi connectivity index (χ0n) is 41.3. The molecule has 6 rings (SSSR count). The molecule has 1 fully saturated rings. The van der Waals surface area contributed by atoms with Crippen LogP contribution >= 0.6 is 47.0 Å². The lowest BCUT2D eigenvalue weighted by Gasteiger charge is -2.27. The van der Waals surface area contributed by atoms with Gasteiger partial charge in [0.05, 0.1) is 47.7 Å². The number of nitrogens with zero attached hydrogens (tertiary/aromatic N) is 3. The molecule has 0 aromatic heterocycles. The van der Waals surface area contributed by atoms with E-state index >= 15 is 0 Å². The van der Waals surface area contributed by atoms with Crippen LogP contribution in [0.5, 0.6) is 11.5 Å². The monoisotopic (exact) mass is 1020 g/mol. The van der Waals surface area contributed by atoms with Crippen molar-refractivity contribution in [2.75, 3.05) is 6.54 Å². The Balaban J connectivity index is 1.48. The highest BCUT2D eigenvalue weighted by Gasteiger charge is 2.47. The van der Waals surface area contributed by atoms with Crippen molar-refractivity contribution in [3.8, 4) is 17.6 Å². The summed E-state index contributed by atoms with van der Waals surface area (Å²) < 4.78 is 18.8. The predicted octanol–water partition coefficient (Wildman–Crippen LogP) is 11.4. The molecule has 3 aliphatic rings. The van der Waals surface area contributed by atoms with E-state index in [1.165, 1.54) is 10.0 Å². The van der Waals surface area contributed by atoms with Crippen LogP contribution in [0.25, 0.3) is 0 Å². The number of benzene rings is 3. The molecule has 370 valence electrons. The van der Waals surface area contributed by atoms with Gasteiger partial charge in [-0.05, 0) is 60.5 Å². The lowest BCUT2D eigenvalue weighted by molar-refractivity contribution is -0.149. The molecule has 1 saturated heterocycles. The van der Waals surface area contributed by atoms with E-state index in [1.54, 1.807) is 13.8 Å². The van der Waals surface area contributed by atoms with Crippen molar-refractivity contribution < 1.29 is 43.0 Å². The minimum Gasteiger partial charge on any atom is -0.457 e. The molecule has 3 amide bonds. The SMILES string of the molecule is C=C(C)C(=O)NCC(C)OC(=O)C(C#N)=C1Sc2c(OC(=O)CC(C)CC(C)(C)C)c3c(c(OC(=O)CC(C)CC(C)(C)C)c2S1)SC(=C1C(=O)N(Cc2ccccc2)N(Cc2ccccc2)C1=O)S3. The molecule has 3 aromatic carbocycles. The van der Waals surface area contributed by atoms with Crippen LogP contribution in [0.4, 0.5) is 0 Å². The second-order valence-electron chi connectivity index (χ2n) is 20.3. The molecule has 1 N–H and O–H groups in total. The molecule has 13 nitrogen and oxygen atoms in total. The van der Waals surface area contributed by atoms with Crippen LogP contribution in [0.2, 0.25) is 0 Å². The van der Waals surface area contributed by atoms with E-state index < -0.39 is 41.7 Å². The number of amides is 3. The van der Waals surface area contributed by atoms with Gasteiger partial charge < -0.3 is 19.5 Å². The van der Waals surface area contributed by atoms with Crippen LogP contribution in [0.15, 0.2) is 112 Å². The molecule has 0 radical (unpaired) electrons. The van der Waals surface area contributed by atoms with Crippen molar-refractivity contribution in [1.82, 2.24) is 15.3 Å². The van der Waals surface area contributed by atoms with E-state index in [4.69, 9.17) is 14.2 Å². The Morgan fingerprint density at radius 2 is 1.11 bits per heavy atom. The summed E-state index contributed by atoms with van der Waals surface area (Å²) in [5.41, 5.74) is 1.32. The number of nitriles is 1. The summed E-state index contributed by atoms with van der Waals surface area (Å²) in [6.45, 7) is 23.4. The van der Waals surface area contributed by atoms with Gasteiger partial charge in [-0.25, -0.2) is 14.8 Å². The van der Waals surface area contributed by atoms with E-state index in [2.05, 4.69) is 53.4 Å². The van der Waals surface area contributed by atoms with Crippen molar-refractivity contribution in [3.05, 3.63) is 104 Å². The minimum absolute atomic E-state index is 0.0362. The van der Waals surface area contributed by atoms with Crippen molar-refractivity contribution in [1.29, 1.82) is 5.26 Å². The number of rotatable bonds is 17. The average molecular weight is 1030 g/mol.